The van der Waals surface area contributed by atoms with Gasteiger partial charge in [-0.05, 0) is 44.1 Å². The standard InChI is InChI=1S/C20H27N3O2S2/c1-5-9-23-19(25)17-14-8-7-12(3)10-15(14)27-18(17)22-20(23)26-11-16(24)21-13(4)6-2/h5,12-13H,1,6-11H2,2-4H3,(H,21,24)/t12-,13-/m1/s1. The van der Waals surface area contributed by atoms with Gasteiger partial charge in [0.2, 0.25) is 5.91 Å². The fourth-order valence-corrected chi connectivity index (χ4v) is 5.60. The molecule has 2 atom stereocenters. The number of aryl methyl sites for hydroxylation is 1. The number of amides is 1. The Kier molecular flexibility index (Phi) is 6.42. The largest absolute Gasteiger partial charge is 0.353 e. The van der Waals surface area contributed by atoms with Crippen LogP contribution in [0.15, 0.2) is 22.6 Å². The molecule has 2 heterocycles. The van der Waals surface area contributed by atoms with Crippen LogP contribution in [-0.4, -0.2) is 27.3 Å². The molecule has 0 spiro atoms. The SMILES string of the molecule is C=CCn1c(SCC(=O)N[C@H](C)CC)nc2sc3c(c2c1=O)CC[C@@H](C)C3. The van der Waals surface area contributed by atoms with Crippen LogP contribution >= 0.6 is 23.1 Å². The van der Waals surface area contributed by atoms with Crippen LogP contribution in [0.25, 0.3) is 10.2 Å². The predicted molar refractivity (Wildman–Crippen MR) is 114 cm³/mol. The number of fused-ring (bicyclic) bond motifs is 3. The molecule has 1 N–H and O–H groups in total. The van der Waals surface area contributed by atoms with E-state index in [0.717, 1.165) is 35.9 Å². The molecule has 3 rings (SSSR count). The van der Waals surface area contributed by atoms with Gasteiger partial charge in [-0.3, -0.25) is 14.2 Å². The normalized spacial score (nSPS) is 17.5. The molecule has 2 aromatic heterocycles. The molecule has 0 saturated carbocycles. The molecule has 1 aliphatic carbocycles. The van der Waals surface area contributed by atoms with Gasteiger partial charge in [-0.15, -0.1) is 17.9 Å². The van der Waals surface area contributed by atoms with Crippen molar-refractivity contribution in [3.63, 3.8) is 0 Å². The van der Waals surface area contributed by atoms with Gasteiger partial charge in [0.25, 0.3) is 5.56 Å². The minimum absolute atomic E-state index is 0.00297. The highest BCUT2D eigenvalue weighted by Crippen LogP contribution is 2.36. The quantitative estimate of drug-likeness (QED) is 0.433. The van der Waals surface area contributed by atoms with Crippen molar-refractivity contribution in [3.05, 3.63) is 33.4 Å². The van der Waals surface area contributed by atoms with E-state index in [1.807, 2.05) is 13.8 Å². The highest BCUT2D eigenvalue weighted by Gasteiger charge is 2.24. The molecule has 1 aliphatic rings. The second kappa shape index (κ2) is 8.61. The summed E-state index contributed by atoms with van der Waals surface area (Å²) in [6.07, 6.45) is 5.69. The van der Waals surface area contributed by atoms with Crippen LogP contribution in [0.1, 0.15) is 44.1 Å². The number of carbonyl (C=O) groups excluding carboxylic acids is 1. The first kappa shape index (κ1) is 20.1. The second-order valence-electron chi connectivity index (χ2n) is 7.30. The van der Waals surface area contributed by atoms with Gasteiger partial charge >= 0.3 is 0 Å². The summed E-state index contributed by atoms with van der Waals surface area (Å²) in [5, 5.41) is 4.33. The van der Waals surface area contributed by atoms with Gasteiger partial charge < -0.3 is 5.32 Å². The first-order chi connectivity index (χ1) is 12.9. The van der Waals surface area contributed by atoms with Crippen LogP contribution in [0.2, 0.25) is 0 Å². The number of nitrogens with zero attached hydrogens (tertiary/aromatic N) is 2. The number of hydrogen-bond acceptors (Lipinski definition) is 5. The fraction of sp³-hybridized carbons (Fsp3) is 0.550. The third kappa shape index (κ3) is 4.29. The minimum Gasteiger partial charge on any atom is -0.353 e. The molecule has 0 aliphatic heterocycles. The third-order valence-corrected chi connectivity index (χ3v) is 7.17. The first-order valence-electron chi connectivity index (χ1n) is 9.52. The van der Waals surface area contributed by atoms with Crippen LogP contribution in [0, 0.1) is 5.92 Å². The van der Waals surface area contributed by atoms with Crippen molar-refractivity contribution in [1.82, 2.24) is 14.9 Å². The minimum atomic E-state index is -0.0341. The van der Waals surface area contributed by atoms with Crippen molar-refractivity contribution in [2.45, 2.75) is 64.2 Å². The Balaban J connectivity index is 1.95. The molecular weight excluding hydrogens is 378 g/mol. The fourth-order valence-electron chi connectivity index (χ4n) is 3.35. The van der Waals surface area contributed by atoms with Gasteiger partial charge in [0.05, 0.1) is 11.1 Å². The summed E-state index contributed by atoms with van der Waals surface area (Å²) in [5.74, 6) is 0.869. The summed E-state index contributed by atoms with van der Waals surface area (Å²) < 4.78 is 1.65. The number of rotatable bonds is 7. The van der Waals surface area contributed by atoms with Crippen molar-refractivity contribution >= 4 is 39.2 Å². The molecular formula is C20H27N3O2S2. The van der Waals surface area contributed by atoms with Crippen LogP contribution in [0.5, 0.6) is 0 Å². The van der Waals surface area contributed by atoms with Crippen LogP contribution < -0.4 is 10.9 Å². The van der Waals surface area contributed by atoms with E-state index >= 15 is 0 Å². The van der Waals surface area contributed by atoms with E-state index in [1.165, 1.54) is 22.2 Å². The van der Waals surface area contributed by atoms with Gasteiger partial charge in [0, 0.05) is 17.5 Å². The van der Waals surface area contributed by atoms with E-state index in [-0.39, 0.29) is 23.3 Å². The van der Waals surface area contributed by atoms with E-state index < -0.39 is 0 Å². The van der Waals surface area contributed by atoms with Crippen LogP contribution in [0.3, 0.4) is 0 Å². The smallest absolute Gasteiger partial charge is 0.263 e. The highest BCUT2D eigenvalue weighted by molar-refractivity contribution is 7.99. The number of thiophene rings is 1. The van der Waals surface area contributed by atoms with Crippen molar-refractivity contribution in [2.75, 3.05) is 5.75 Å². The second-order valence-corrected chi connectivity index (χ2v) is 9.32. The number of thioether (sulfide) groups is 1. The average molecular weight is 406 g/mol. The number of hydrogen-bond donors (Lipinski definition) is 1. The molecule has 2 aromatic rings. The van der Waals surface area contributed by atoms with Crippen molar-refractivity contribution in [3.8, 4) is 0 Å². The Morgan fingerprint density at radius 2 is 2.33 bits per heavy atom. The molecule has 1 amide bonds. The van der Waals surface area contributed by atoms with E-state index in [0.29, 0.717) is 17.6 Å². The first-order valence-corrected chi connectivity index (χ1v) is 11.3. The number of carbonyl (C=O) groups is 1. The molecule has 0 bridgehead atoms. The van der Waals surface area contributed by atoms with Crippen LogP contribution in [0.4, 0.5) is 0 Å². The summed E-state index contributed by atoms with van der Waals surface area (Å²) in [6.45, 7) is 10.5. The monoisotopic (exact) mass is 405 g/mol. The average Bonchev–Trinajstić information content (AvgIpc) is 2.99. The molecule has 0 saturated heterocycles. The van der Waals surface area contributed by atoms with Crippen LogP contribution in [-0.2, 0) is 24.2 Å². The van der Waals surface area contributed by atoms with Crippen molar-refractivity contribution in [1.29, 1.82) is 0 Å². The maximum absolute atomic E-state index is 13.2. The summed E-state index contributed by atoms with van der Waals surface area (Å²) >= 11 is 2.96. The summed E-state index contributed by atoms with van der Waals surface area (Å²) in [7, 11) is 0. The van der Waals surface area contributed by atoms with E-state index in [1.54, 1.807) is 22.0 Å². The number of aromatic nitrogens is 2. The Hall–Kier alpha value is -1.60. The molecule has 0 unspecified atom stereocenters. The zero-order valence-corrected chi connectivity index (χ0v) is 17.8. The highest BCUT2D eigenvalue weighted by atomic mass is 32.2. The van der Waals surface area contributed by atoms with Gasteiger partial charge in [-0.2, -0.15) is 0 Å². The molecule has 0 radical (unpaired) electrons. The van der Waals surface area contributed by atoms with Gasteiger partial charge in [-0.1, -0.05) is 31.7 Å². The Bertz CT molecular complexity index is 916. The molecule has 146 valence electrons. The lowest BCUT2D eigenvalue weighted by Crippen LogP contribution is -2.33. The lowest BCUT2D eigenvalue weighted by Gasteiger charge is -2.17. The molecule has 27 heavy (non-hydrogen) atoms. The molecule has 0 fully saturated rings. The zero-order chi connectivity index (χ0) is 19.6. The maximum Gasteiger partial charge on any atom is 0.263 e. The summed E-state index contributed by atoms with van der Waals surface area (Å²) in [5.41, 5.74) is 1.19. The Morgan fingerprint density at radius 3 is 3.04 bits per heavy atom. The van der Waals surface area contributed by atoms with Crippen molar-refractivity contribution in [2.24, 2.45) is 5.92 Å². The van der Waals surface area contributed by atoms with Crippen molar-refractivity contribution < 1.29 is 4.79 Å². The predicted octanol–water partition coefficient (Wildman–Crippen LogP) is 3.78. The molecule has 7 heteroatoms. The maximum atomic E-state index is 13.2. The van der Waals surface area contributed by atoms with Gasteiger partial charge in [0.1, 0.15) is 4.83 Å². The van der Waals surface area contributed by atoms with E-state index in [2.05, 4.69) is 18.8 Å². The zero-order valence-electron chi connectivity index (χ0n) is 16.2. The molecule has 0 aromatic carbocycles. The number of nitrogens with one attached hydrogen (secondary N) is 1. The molecule has 5 nitrogen and oxygen atoms in total. The number of allylic oxidation sites excluding steroid dienone is 1. The Labute approximate surface area is 168 Å². The van der Waals surface area contributed by atoms with Gasteiger partial charge in [-0.25, -0.2) is 4.98 Å². The van der Waals surface area contributed by atoms with E-state index in [4.69, 9.17) is 4.98 Å². The topological polar surface area (TPSA) is 64.0 Å². The lowest BCUT2D eigenvalue weighted by atomic mass is 9.89. The Morgan fingerprint density at radius 1 is 1.56 bits per heavy atom. The summed E-state index contributed by atoms with van der Waals surface area (Å²) in [4.78, 5) is 32.2. The summed E-state index contributed by atoms with van der Waals surface area (Å²) in [6, 6.07) is 0.148. The lowest BCUT2D eigenvalue weighted by molar-refractivity contribution is -0.119. The third-order valence-electron chi connectivity index (χ3n) is 5.04. The van der Waals surface area contributed by atoms with Gasteiger partial charge in [0.15, 0.2) is 5.16 Å². The van der Waals surface area contributed by atoms with E-state index in [9.17, 15) is 9.59 Å².